The second kappa shape index (κ2) is 8.96. The molecule has 0 aliphatic rings. The van der Waals surface area contributed by atoms with Gasteiger partial charge >= 0.3 is 5.97 Å². The third kappa shape index (κ3) is 6.22. The average molecular weight is 278 g/mol. The van der Waals surface area contributed by atoms with Crippen LogP contribution >= 0.6 is 0 Å². The van der Waals surface area contributed by atoms with Gasteiger partial charge in [0.15, 0.2) is 0 Å². The highest BCUT2D eigenvalue weighted by Gasteiger charge is 2.09. The fourth-order valence-electron chi connectivity index (χ4n) is 1.95. The first-order chi connectivity index (χ1) is 9.63. The van der Waals surface area contributed by atoms with Crippen LogP contribution in [-0.4, -0.2) is 36.6 Å². The summed E-state index contributed by atoms with van der Waals surface area (Å²) in [6.07, 6.45) is 1.12. The first-order valence-electron chi connectivity index (χ1n) is 6.92. The Morgan fingerprint density at radius 2 is 1.85 bits per heavy atom. The monoisotopic (exact) mass is 278 g/mol. The first-order valence-corrected chi connectivity index (χ1v) is 6.92. The molecule has 0 saturated heterocycles. The van der Waals surface area contributed by atoms with Gasteiger partial charge in [-0.3, -0.25) is 9.59 Å². The van der Waals surface area contributed by atoms with Gasteiger partial charge in [-0.2, -0.15) is 0 Å². The van der Waals surface area contributed by atoms with Gasteiger partial charge in [-0.1, -0.05) is 18.2 Å². The highest BCUT2D eigenvalue weighted by atomic mass is 16.4. The van der Waals surface area contributed by atoms with Crippen molar-refractivity contribution in [2.24, 2.45) is 0 Å². The number of nitrogens with one attached hydrogen (secondary N) is 1. The molecule has 0 spiro atoms. The molecule has 5 heteroatoms. The summed E-state index contributed by atoms with van der Waals surface area (Å²) >= 11 is 0. The SMILES string of the molecule is CCNC(=O)CCN(CCCC(=O)O)c1ccccc1. The van der Waals surface area contributed by atoms with Crippen LogP contribution in [0.15, 0.2) is 30.3 Å². The molecule has 0 aliphatic heterocycles. The highest BCUT2D eigenvalue weighted by Crippen LogP contribution is 2.14. The maximum absolute atomic E-state index is 11.5. The normalized spacial score (nSPS) is 10.1. The van der Waals surface area contributed by atoms with Crippen molar-refractivity contribution < 1.29 is 14.7 Å². The third-order valence-corrected chi connectivity index (χ3v) is 2.92. The lowest BCUT2D eigenvalue weighted by Crippen LogP contribution is -2.31. The van der Waals surface area contributed by atoms with Gasteiger partial charge in [0, 0.05) is 38.2 Å². The van der Waals surface area contributed by atoms with Gasteiger partial charge in [0.1, 0.15) is 0 Å². The molecule has 0 aromatic heterocycles. The standard InChI is InChI=1S/C15H22N2O3/c1-2-16-14(18)10-12-17(11-6-9-15(19)20)13-7-4-3-5-8-13/h3-5,7-8H,2,6,9-12H2,1H3,(H,16,18)(H,19,20). The molecular formula is C15H22N2O3. The molecule has 5 nitrogen and oxygen atoms in total. The number of anilines is 1. The van der Waals surface area contributed by atoms with Crippen molar-refractivity contribution in [2.75, 3.05) is 24.5 Å². The number of carbonyl (C=O) groups is 2. The largest absolute Gasteiger partial charge is 0.481 e. The summed E-state index contributed by atoms with van der Waals surface area (Å²) in [4.78, 5) is 24.2. The van der Waals surface area contributed by atoms with Gasteiger partial charge in [-0.25, -0.2) is 0 Å². The number of rotatable bonds is 9. The van der Waals surface area contributed by atoms with Crippen LogP contribution < -0.4 is 10.2 Å². The van der Waals surface area contributed by atoms with Crippen molar-refractivity contribution in [1.29, 1.82) is 0 Å². The first kappa shape index (κ1) is 16.0. The Labute approximate surface area is 119 Å². The summed E-state index contributed by atoms with van der Waals surface area (Å²) in [7, 11) is 0. The minimum absolute atomic E-state index is 0.0201. The molecule has 0 aliphatic carbocycles. The van der Waals surface area contributed by atoms with Crippen molar-refractivity contribution in [3.8, 4) is 0 Å². The molecule has 110 valence electrons. The maximum Gasteiger partial charge on any atom is 0.303 e. The Hall–Kier alpha value is -2.04. The van der Waals surface area contributed by atoms with E-state index in [4.69, 9.17) is 5.11 Å². The smallest absolute Gasteiger partial charge is 0.303 e. The van der Waals surface area contributed by atoms with Gasteiger partial charge in [-0.15, -0.1) is 0 Å². The predicted molar refractivity (Wildman–Crippen MR) is 78.8 cm³/mol. The zero-order valence-electron chi connectivity index (χ0n) is 11.8. The van der Waals surface area contributed by atoms with Crippen LogP contribution in [0.4, 0.5) is 5.69 Å². The minimum Gasteiger partial charge on any atom is -0.481 e. The van der Waals surface area contributed by atoms with E-state index in [-0.39, 0.29) is 12.3 Å². The van der Waals surface area contributed by atoms with Crippen LogP contribution in [0.1, 0.15) is 26.2 Å². The predicted octanol–water partition coefficient (Wildman–Crippen LogP) is 1.88. The van der Waals surface area contributed by atoms with Gasteiger partial charge in [0.05, 0.1) is 0 Å². The summed E-state index contributed by atoms with van der Waals surface area (Å²) in [6.45, 7) is 3.74. The Morgan fingerprint density at radius 1 is 1.15 bits per heavy atom. The lowest BCUT2D eigenvalue weighted by atomic mass is 10.2. The number of aliphatic carboxylic acids is 1. The van der Waals surface area contributed by atoms with Gasteiger partial charge in [0.2, 0.25) is 5.91 Å². The van der Waals surface area contributed by atoms with Crippen LogP contribution in [0.3, 0.4) is 0 Å². The number of nitrogens with zero attached hydrogens (tertiary/aromatic N) is 1. The molecule has 0 radical (unpaired) electrons. The van der Waals surface area contributed by atoms with Crippen LogP contribution in [0, 0.1) is 0 Å². The molecule has 1 aromatic carbocycles. The number of hydrogen-bond acceptors (Lipinski definition) is 3. The van der Waals surface area contributed by atoms with E-state index in [2.05, 4.69) is 10.2 Å². The molecule has 1 amide bonds. The third-order valence-electron chi connectivity index (χ3n) is 2.92. The fourth-order valence-corrected chi connectivity index (χ4v) is 1.95. The van der Waals surface area contributed by atoms with E-state index in [0.717, 1.165) is 5.69 Å². The summed E-state index contributed by atoms with van der Waals surface area (Å²) < 4.78 is 0. The molecule has 0 fully saturated rings. The number of carboxylic acids is 1. The van der Waals surface area contributed by atoms with E-state index in [1.54, 1.807) is 0 Å². The van der Waals surface area contributed by atoms with Crippen molar-refractivity contribution in [1.82, 2.24) is 5.32 Å². The Morgan fingerprint density at radius 3 is 2.45 bits per heavy atom. The zero-order valence-corrected chi connectivity index (χ0v) is 11.8. The molecule has 1 rings (SSSR count). The molecule has 0 saturated carbocycles. The number of hydrogen-bond donors (Lipinski definition) is 2. The van der Waals surface area contributed by atoms with E-state index in [9.17, 15) is 9.59 Å². The molecule has 2 N–H and O–H groups in total. The van der Waals surface area contributed by atoms with E-state index in [1.165, 1.54) is 0 Å². The van der Waals surface area contributed by atoms with Gasteiger partial charge < -0.3 is 15.3 Å². The van der Waals surface area contributed by atoms with Crippen molar-refractivity contribution in [3.05, 3.63) is 30.3 Å². The molecular weight excluding hydrogens is 256 g/mol. The lowest BCUT2D eigenvalue weighted by Gasteiger charge is -2.24. The summed E-state index contributed by atoms with van der Waals surface area (Å²) in [5.41, 5.74) is 1.02. The van der Waals surface area contributed by atoms with E-state index < -0.39 is 5.97 Å². The topological polar surface area (TPSA) is 69.6 Å². The van der Waals surface area contributed by atoms with Crippen LogP contribution in [-0.2, 0) is 9.59 Å². The van der Waals surface area contributed by atoms with E-state index >= 15 is 0 Å². The van der Waals surface area contributed by atoms with Gasteiger partial charge in [-0.05, 0) is 25.5 Å². The maximum atomic E-state index is 11.5. The molecule has 0 unspecified atom stereocenters. The molecule has 0 heterocycles. The summed E-state index contributed by atoms with van der Waals surface area (Å²) in [5.74, 6) is -0.770. The van der Waals surface area contributed by atoms with Gasteiger partial charge in [0.25, 0.3) is 0 Å². The Balaban J connectivity index is 2.55. The second-order valence-corrected chi connectivity index (χ2v) is 4.52. The minimum atomic E-state index is -0.790. The van der Waals surface area contributed by atoms with Crippen molar-refractivity contribution in [3.63, 3.8) is 0 Å². The molecule has 1 aromatic rings. The van der Waals surface area contributed by atoms with Crippen LogP contribution in [0.2, 0.25) is 0 Å². The number of para-hydroxylation sites is 1. The summed E-state index contributed by atoms with van der Waals surface area (Å²) in [6, 6.07) is 9.75. The average Bonchev–Trinajstić information content (AvgIpc) is 2.43. The Bertz CT molecular complexity index is 420. The van der Waals surface area contributed by atoms with E-state index in [0.29, 0.717) is 32.5 Å². The summed E-state index contributed by atoms with van der Waals surface area (Å²) in [5, 5.41) is 11.5. The highest BCUT2D eigenvalue weighted by molar-refractivity contribution is 5.76. The lowest BCUT2D eigenvalue weighted by molar-refractivity contribution is -0.137. The van der Waals surface area contributed by atoms with E-state index in [1.807, 2.05) is 37.3 Å². The second-order valence-electron chi connectivity index (χ2n) is 4.52. The zero-order chi connectivity index (χ0) is 14.8. The molecule has 20 heavy (non-hydrogen) atoms. The van der Waals surface area contributed by atoms with Crippen molar-refractivity contribution >= 4 is 17.6 Å². The Kier molecular flexibility index (Phi) is 7.17. The number of amides is 1. The molecule has 0 bridgehead atoms. The van der Waals surface area contributed by atoms with Crippen LogP contribution in [0.25, 0.3) is 0 Å². The quantitative estimate of drug-likeness (QED) is 0.723. The molecule has 0 atom stereocenters. The van der Waals surface area contributed by atoms with Crippen LogP contribution in [0.5, 0.6) is 0 Å². The van der Waals surface area contributed by atoms with Crippen molar-refractivity contribution in [2.45, 2.75) is 26.2 Å². The fraction of sp³-hybridized carbons (Fsp3) is 0.467. The number of benzene rings is 1. The number of carboxylic acid groups (broad SMARTS) is 1. The number of carbonyl (C=O) groups excluding carboxylic acids is 1.